The lowest BCUT2D eigenvalue weighted by Crippen LogP contribution is -2.48. The van der Waals surface area contributed by atoms with Gasteiger partial charge in [0.15, 0.2) is 5.82 Å². The minimum atomic E-state index is -0.591. The predicted octanol–water partition coefficient (Wildman–Crippen LogP) is 4.11. The van der Waals surface area contributed by atoms with E-state index in [0.29, 0.717) is 43.8 Å². The zero-order valence-electron chi connectivity index (χ0n) is 22.7. The number of carbonyl (C=O) groups excluding carboxylic acids is 2. The Morgan fingerprint density at radius 3 is 2.60 bits per heavy atom. The van der Waals surface area contributed by atoms with E-state index in [-0.39, 0.29) is 52.6 Å². The number of fused-ring (bicyclic) bond motifs is 2. The zero-order valence-corrected chi connectivity index (χ0v) is 23.5. The largest absolute Gasteiger partial charge is 0.512 e. The lowest BCUT2D eigenvalue weighted by atomic mass is 9.82. The summed E-state index contributed by atoms with van der Waals surface area (Å²) in [6.07, 6.45) is 2.23. The summed E-state index contributed by atoms with van der Waals surface area (Å²) in [5.41, 5.74) is 2.10. The fourth-order valence-corrected chi connectivity index (χ4v) is 5.62. The van der Waals surface area contributed by atoms with Gasteiger partial charge >= 0.3 is 0 Å². The third-order valence-corrected chi connectivity index (χ3v) is 7.79. The van der Waals surface area contributed by atoms with Crippen molar-refractivity contribution in [3.05, 3.63) is 69.7 Å². The van der Waals surface area contributed by atoms with E-state index in [9.17, 15) is 14.7 Å². The first-order valence-electron chi connectivity index (χ1n) is 13.3. The molecule has 1 aliphatic carbocycles. The highest BCUT2D eigenvalue weighted by atomic mass is 35.5. The molecule has 11 heteroatoms. The van der Waals surface area contributed by atoms with Gasteiger partial charge in [-0.2, -0.15) is 4.98 Å². The van der Waals surface area contributed by atoms with Crippen LogP contribution in [0, 0.1) is 5.82 Å². The second-order valence-corrected chi connectivity index (χ2v) is 10.7. The molecule has 2 aliphatic rings. The molecule has 2 aromatic carbocycles. The van der Waals surface area contributed by atoms with Crippen LogP contribution in [0.1, 0.15) is 36.0 Å². The lowest BCUT2D eigenvalue weighted by molar-refractivity contribution is -0.129. The molecule has 0 saturated carbocycles. The summed E-state index contributed by atoms with van der Waals surface area (Å²) in [6.45, 7) is 3.86. The first kappa shape index (κ1) is 27.6. The second kappa shape index (κ2) is 11.3. The van der Waals surface area contributed by atoms with Crippen LogP contribution in [0.4, 0.5) is 16.2 Å². The molecule has 0 spiro atoms. The van der Waals surface area contributed by atoms with Gasteiger partial charge < -0.3 is 25.1 Å². The van der Waals surface area contributed by atoms with Crippen LogP contribution in [0.5, 0.6) is 0 Å². The van der Waals surface area contributed by atoms with Gasteiger partial charge in [-0.25, -0.2) is 9.37 Å². The van der Waals surface area contributed by atoms with Crippen LogP contribution in [0.2, 0.25) is 5.02 Å². The molecule has 5 rings (SSSR count). The molecule has 1 fully saturated rings. The number of piperazine rings is 1. The van der Waals surface area contributed by atoms with Gasteiger partial charge in [-0.1, -0.05) is 35.9 Å². The summed E-state index contributed by atoms with van der Waals surface area (Å²) in [6, 6.07) is 9.28. The van der Waals surface area contributed by atoms with Crippen molar-refractivity contribution in [3.63, 3.8) is 0 Å². The average molecular weight is 567 g/mol. The quantitative estimate of drug-likeness (QED) is 0.463. The fraction of sp³-hybridized carbons (Fsp3) is 0.379. The van der Waals surface area contributed by atoms with Crippen molar-refractivity contribution in [2.24, 2.45) is 0 Å². The third kappa shape index (κ3) is 5.40. The Morgan fingerprint density at radius 2 is 1.90 bits per heavy atom. The third-order valence-electron chi connectivity index (χ3n) is 7.48. The molecular formula is C29H32ClFN6O3. The summed E-state index contributed by atoms with van der Waals surface area (Å²) in [7, 11) is 3.37. The second-order valence-electron chi connectivity index (χ2n) is 10.3. The molecule has 210 valence electrons. The normalized spacial score (nSPS) is 16.9. The van der Waals surface area contributed by atoms with Gasteiger partial charge in [-0.05, 0) is 23.3 Å². The number of amides is 2. The van der Waals surface area contributed by atoms with Gasteiger partial charge in [-0.3, -0.25) is 9.59 Å². The molecule has 1 atom stereocenters. The number of aliphatic hydroxyl groups excluding tert-OH is 1. The maximum Gasteiger partial charge on any atom is 0.225 e. The molecule has 40 heavy (non-hydrogen) atoms. The number of aromatic nitrogens is 2. The zero-order chi connectivity index (χ0) is 28.6. The molecule has 2 heterocycles. The minimum absolute atomic E-state index is 0.00270. The monoisotopic (exact) mass is 566 g/mol. The molecule has 1 aliphatic heterocycles. The minimum Gasteiger partial charge on any atom is -0.512 e. The summed E-state index contributed by atoms with van der Waals surface area (Å²) in [5.74, 6) is -0.388. The Hall–Kier alpha value is -3.92. The first-order chi connectivity index (χ1) is 19.1. The van der Waals surface area contributed by atoms with E-state index in [1.54, 1.807) is 38.1 Å². The Bertz CT molecular complexity index is 1500. The summed E-state index contributed by atoms with van der Waals surface area (Å²) in [5, 5.41) is 14.2. The maximum absolute atomic E-state index is 16.5. The Kier molecular flexibility index (Phi) is 7.80. The predicted molar refractivity (Wildman–Crippen MR) is 153 cm³/mol. The van der Waals surface area contributed by atoms with E-state index in [1.807, 2.05) is 29.2 Å². The van der Waals surface area contributed by atoms with Crippen LogP contribution in [0.3, 0.4) is 0 Å². The maximum atomic E-state index is 16.5. The lowest BCUT2D eigenvalue weighted by Gasteiger charge is -2.35. The first-order valence-corrected chi connectivity index (χ1v) is 13.6. The Morgan fingerprint density at radius 1 is 1.18 bits per heavy atom. The van der Waals surface area contributed by atoms with Crippen molar-refractivity contribution in [3.8, 4) is 0 Å². The number of benzene rings is 2. The van der Waals surface area contributed by atoms with Crippen LogP contribution in [-0.4, -0.2) is 83.5 Å². The Labute approximate surface area is 237 Å². The van der Waals surface area contributed by atoms with Crippen LogP contribution < -0.4 is 10.2 Å². The van der Waals surface area contributed by atoms with E-state index in [4.69, 9.17) is 16.6 Å². The van der Waals surface area contributed by atoms with E-state index >= 15 is 4.39 Å². The summed E-state index contributed by atoms with van der Waals surface area (Å²) < 4.78 is 16.5. The number of nitrogens with zero attached hydrogens (tertiary/aromatic N) is 5. The Balaban J connectivity index is 1.60. The van der Waals surface area contributed by atoms with Crippen molar-refractivity contribution < 1.29 is 19.1 Å². The number of nitrogens with one attached hydrogen (secondary N) is 1. The van der Waals surface area contributed by atoms with E-state index in [0.717, 1.165) is 11.1 Å². The number of aliphatic hydroxyl groups is 1. The van der Waals surface area contributed by atoms with E-state index in [2.05, 4.69) is 10.3 Å². The number of carbonyl (C=O) groups is 2. The van der Waals surface area contributed by atoms with Gasteiger partial charge in [0.1, 0.15) is 11.3 Å². The molecule has 9 nitrogen and oxygen atoms in total. The fourth-order valence-electron chi connectivity index (χ4n) is 5.31. The van der Waals surface area contributed by atoms with Gasteiger partial charge in [0.25, 0.3) is 0 Å². The SMILES string of the molecule is CC(=O)N1CCN(c2nc(NCCC(=O)N(C)C)nc3c(F)c([C@@H]4C=C(O)Cc5ccccc54)c(Cl)cc23)CC1. The van der Waals surface area contributed by atoms with Crippen molar-refractivity contribution in [2.75, 3.05) is 57.0 Å². The van der Waals surface area contributed by atoms with Gasteiger partial charge in [0.2, 0.25) is 17.8 Å². The molecule has 1 saturated heterocycles. The topological polar surface area (TPSA) is 102 Å². The summed E-state index contributed by atoms with van der Waals surface area (Å²) in [4.78, 5) is 38.5. The van der Waals surface area contributed by atoms with Crippen molar-refractivity contribution in [1.82, 2.24) is 19.8 Å². The highest BCUT2D eigenvalue weighted by Gasteiger charge is 2.30. The average Bonchev–Trinajstić information content (AvgIpc) is 2.93. The van der Waals surface area contributed by atoms with Crippen LogP contribution in [-0.2, 0) is 16.0 Å². The molecule has 3 aromatic rings. The standard InChI is InChI=1S/C29H32ClFN6O3/c1-17(38)36-10-12-37(13-11-36)28-22-16-23(30)25(21-15-19(39)14-18-6-4-5-7-20(18)21)26(31)27(22)33-29(34-28)32-9-8-24(40)35(2)3/h4-7,15-16,21,39H,8-14H2,1-3H3,(H,32,33,34)/t21-/m1/s1. The van der Waals surface area contributed by atoms with Crippen LogP contribution in [0.15, 0.2) is 42.2 Å². The molecule has 2 amide bonds. The highest BCUT2D eigenvalue weighted by Crippen LogP contribution is 2.42. The number of hydrogen-bond acceptors (Lipinski definition) is 7. The van der Waals surface area contributed by atoms with Crippen molar-refractivity contribution >= 4 is 46.1 Å². The molecule has 0 bridgehead atoms. The molecule has 0 radical (unpaired) electrons. The number of halogens is 2. The molecule has 1 aromatic heterocycles. The molecular weight excluding hydrogens is 535 g/mol. The molecule has 2 N–H and O–H groups in total. The molecule has 0 unspecified atom stereocenters. The van der Waals surface area contributed by atoms with Gasteiger partial charge in [-0.15, -0.1) is 0 Å². The van der Waals surface area contributed by atoms with Crippen LogP contribution >= 0.6 is 11.6 Å². The van der Waals surface area contributed by atoms with Gasteiger partial charge in [0, 0.05) is 88.5 Å². The number of allylic oxidation sites excluding steroid dienone is 2. The van der Waals surface area contributed by atoms with Crippen molar-refractivity contribution in [1.29, 1.82) is 0 Å². The number of anilines is 2. The summed E-state index contributed by atoms with van der Waals surface area (Å²) >= 11 is 6.78. The van der Waals surface area contributed by atoms with Crippen molar-refractivity contribution in [2.45, 2.75) is 25.7 Å². The number of hydrogen-bond donors (Lipinski definition) is 2. The van der Waals surface area contributed by atoms with Crippen LogP contribution in [0.25, 0.3) is 10.9 Å². The highest BCUT2D eigenvalue weighted by molar-refractivity contribution is 6.32. The van der Waals surface area contributed by atoms with E-state index in [1.165, 1.54) is 4.90 Å². The smallest absolute Gasteiger partial charge is 0.225 e. The number of rotatable bonds is 6. The van der Waals surface area contributed by atoms with E-state index < -0.39 is 11.7 Å². The van der Waals surface area contributed by atoms with Gasteiger partial charge in [0.05, 0.1) is 5.76 Å².